The summed E-state index contributed by atoms with van der Waals surface area (Å²) in [6.07, 6.45) is 7.38. The topological polar surface area (TPSA) is 38.1 Å². The number of nitrogens with zero attached hydrogens (tertiary/aromatic N) is 3. The Morgan fingerprint density at radius 1 is 1.36 bits per heavy atom. The Labute approximate surface area is 134 Å². The number of piperidine rings is 1. The van der Waals surface area contributed by atoms with Crippen LogP contribution in [0.15, 0.2) is 12.4 Å². The zero-order valence-electron chi connectivity index (χ0n) is 14.6. The fourth-order valence-electron chi connectivity index (χ4n) is 3.10. The number of ketones is 1. The third-order valence-corrected chi connectivity index (χ3v) is 4.69. The molecule has 0 bridgehead atoms. The van der Waals surface area contributed by atoms with E-state index in [0.717, 1.165) is 26.2 Å². The molecule has 1 aliphatic rings. The Hall–Kier alpha value is -1.16. The summed E-state index contributed by atoms with van der Waals surface area (Å²) in [7, 11) is 0. The van der Waals surface area contributed by atoms with Crippen molar-refractivity contribution in [2.75, 3.05) is 19.6 Å². The van der Waals surface area contributed by atoms with Gasteiger partial charge in [-0.2, -0.15) is 5.10 Å². The van der Waals surface area contributed by atoms with E-state index in [1.807, 2.05) is 20.0 Å². The highest BCUT2D eigenvalue weighted by Gasteiger charge is 2.21. The van der Waals surface area contributed by atoms with Gasteiger partial charge in [0.2, 0.25) is 0 Å². The van der Waals surface area contributed by atoms with Gasteiger partial charge in [-0.05, 0) is 36.8 Å². The average molecular weight is 305 g/mol. The van der Waals surface area contributed by atoms with Gasteiger partial charge < -0.3 is 4.90 Å². The number of Topliss-reactive ketones (excluding diaryl/α,β-unsaturated/α-hetero) is 1. The van der Waals surface area contributed by atoms with E-state index in [0.29, 0.717) is 24.0 Å². The quantitative estimate of drug-likeness (QED) is 0.775. The van der Waals surface area contributed by atoms with Crippen LogP contribution in [0.25, 0.3) is 0 Å². The highest BCUT2D eigenvalue weighted by atomic mass is 16.1. The van der Waals surface area contributed by atoms with Crippen LogP contribution in [0, 0.1) is 11.8 Å². The van der Waals surface area contributed by atoms with E-state index in [2.05, 4.69) is 34.7 Å². The summed E-state index contributed by atoms with van der Waals surface area (Å²) in [6.45, 7) is 12.5. The van der Waals surface area contributed by atoms with Crippen LogP contribution >= 0.6 is 0 Å². The van der Waals surface area contributed by atoms with E-state index in [4.69, 9.17) is 0 Å². The van der Waals surface area contributed by atoms with Crippen molar-refractivity contribution in [3.8, 4) is 0 Å². The molecule has 0 saturated carbocycles. The first kappa shape index (κ1) is 17.2. The number of likely N-dealkylation sites (tertiary alicyclic amines) is 1. The number of carbonyl (C=O) groups is 1. The van der Waals surface area contributed by atoms with E-state index in [-0.39, 0.29) is 5.92 Å². The molecule has 1 fully saturated rings. The molecule has 0 radical (unpaired) electrons. The van der Waals surface area contributed by atoms with Gasteiger partial charge in [0.25, 0.3) is 0 Å². The maximum atomic E-state index is 11.8. The van der Waals surface area contributed by atoms with Crippen molar-refractivity contribution < 1.29 is 4.79 Å². The van der Waals surface area contributed by atoms with Crippen molar-refractivity contribution >= 4 is 5.78 Å². The molecule has 1 aromatic rings. The van der Waals surface area contributed by atoms with E-state index in [1.54, 1.807) is 0 Å². The number of rotatable bonds is 7. The first-order chi connectivity index (χ1) is 10.5. The maximum absolute atomic E-state index is 11.8. The van der Waals surface area contributed by atoms with Crippen LogP contribution in [0.5, 0.6) is 0 Å². The molecule has 1 aromatic heterocycles. The van der Waals surface area contributed by atoms with Gasteiger partial charge in [-0.1, -0.05) is 27.7 Å². The lowest BCUT2D eigenvalue weighted by Crippen LogP contribution is -2.38. The standard InChI is InChI=1S/C18H31N3O/c1-14(2)17-10-19-21(13-17)12-16-6-5-8-20(11-16)9-7-18(22)15(3)4/h10,13-16H,5-9,11-12H2,1-4H3/t16-/m0/s1. The molecule has 22 heavy (non-hydrogen) atoms. The molecule has 4 heteroatoms. The summed E-state index contributed by atoms with van der Waals surface area (Å²) in [5.41, 5.74) is 1.31. The van der Waals surface area contributed by atoms with Crippen LogP contribution in [-0.4, -0.2) is 40.1 Å². The minimum atomic E-state index is 0.166. The molecule has 0 spiro atoms. The van der Waals surface area contributed by atoms with Gasteiger partial charge in [0.1, 0.15) is 5.78 Å². The summed E-state index contributed by atoms with van der Waals surface area (Å²) in [6, 6.07) is 0. The van der Waals surface area contributed by atoms with Gasteiger partial charge in [0.05, 0.1) is 6.20 Å². The van der Waals surface area contributed by atoms with Gasteiger partial charge in [0.15, 0.2) is 0 Å². The molecule has 2 heterocycles. The smallest absolute Gasteiger partial charge is 0.136 e. The number of hydrogen-bond donors (Lipinski definition) is 0. The molecule has 0 aliphatic carbocycles. The van der Waals surface area contributed by atoms with Crippen LogP contribution in [0.2, 0.25) is 0 Å². The third-order valence-electron chi connectivity index (χ3n) is 4.69. The fraction of sp³-hybridized carbons (Fsp3) is 0.778. The second-order valence-electron chi connectivity index (χ2n) is 7.33. The lowest BCUT2D eigenvalue weighted by atomic mass is 9.97. The average Bonchev–Trinajstić information content (AvgIpc) is 2.93. The van der Waals surface area contributed by atoms with Crippen LogP contribution < -0.4 is 0 Å². The second-order valence-corrected chi connectivity index (χ2v) is 7.33. The predicted molar refractivity (Wildman–Crippen MR) is 89.9 cm³/mol. The molecular weight excluding hydrogens is 274 g/mol. The lowest BCUT2D eigenvalue weighted by Gasteiger charge is -2.32. The summed E-state index contributed by atoms with van der Waals surface area (Å²) < 4.78 is 2.10. The van der Waals surface area contributed by atoms with Crippen LogP contribution in [-0.2, 0) is 11.3 Å². The summed E-state index contributed by atoms with van der Waals surface area (Å²) in [4.78, 5) is 14.2. The fourth-order valence-corrected chi connectivity index (χ4v) is 3.10. The number of carbonyl (C=O) groups excluding carboxylic acids is 1. The minimum Gasteiger partial charge on any atom is -0.303 e. The molecule has 1 aliphatic heterocycles. The number of aromatic nitrogens is 2. The summed E-state index contributed by atoms with van der Waals surface area (Å²) >= 11 is 0. The normalized spacial score (nSPS) is 20.0. The van der Waals surface area contributed by atoms with Crippen LogP contribution in [0.4, 0.5) is 0 Å². The lowest BCUT2D eigenvalue weighted by molar-refractivity contribution is -0.122. The summed E-state index contributed by atoms with van der Waals surface area (Å²) in [5, 5.41) is 4.50. The van der Waals surface area contributed by atoms with Gasteiger partial charge in [-0.15, -0.1) is 0 Å². The van der Waals surface area contributed by atoms with Gasteiger partial charge in [-0.3, -0.25) is 9.48 Å². The molecular formula is C18H31N3O. The van der Waals surface area contributed by atoms with Crippen molar-refractivity contribution in [3.63, 3.8) is 0 Å². The van der Waals surface area contributed by atoms with Crippen LogP contribution in [0.3, 0.4) is 0 Å². The maximum Gasteiger partial charge on any atom is 0.136 e. The molecule has 124 valence electrons. The first-order valence-electron chi connectivity index (χ1n) is 8.73. The Balaban J connectivity index is 1.81. The monoisotopic (exact) mass is 305 g/mol. The van der Waals surface area contributed by atoms with E-state index in [9.17, 15) is 4.79 Å². The van der Waals surface area contributed by atoms with Crippen molar-refractivity contribution in [1.82, 2.24) is 14.7 Å². The van der Waals surface area contributed by atoms with E-state index >= 15 is 0 Å². The predicted octanol–water partition coefficient (Wildman–Crippen LogP) is 3.33. The van der Waals surface area contributed by atoms with Gasteiger partial charge in [0, 0.05) is 38.2 Å². The Bertz CT molecular complexity index is 478. The Morgan fingerprint density at radius 3 is 2.77 bits per heavy atom. The highest BCUT2D eigenvalue weighted by molar-refractivity contribution is 5.80. The molecule has 0 aromatic carbocycles. The molecule has 0 unspecified atom stereocenters. The zero-order valence-corrected chi connectivity index (χ0v) is 14.6. The van der Waals surface area contributed by atoms with E-state index < -0.39 is 0 Å². The molecule has 0 amide bonds. The SMILES string of the molecule is CC(C)C(=O)CCN1CCC[C@H](Cn2cc(C(C)C)cn2)C1. The zero-order chi connectivity index (χ0) is 16.1. The first-order valence-corrected chi connectivity index (χ1v) is 8.73. The van der Waals surface area contributed by atoms with Crippen LogP contribution in [0.1, 0.15) is 58.4 Å². The highest BCUT2D eigenvalue weighted by Crippen LogP contribution is 2.20. The molecule has 4 nitrogen and oxygen atoms in total. The van der Waals surface area contributed by atoms with Gasteiger partial charge >= 0.3 is 0 Å². The molecule has 1 saturated heterocycles. The van der Waals surface area contributed by atoms with Crippen molar-refractivity contribution in [1.29, 1.82) is 0 Å². The number of hydrogen-bond acceptors (Lipinski definition) is 3. The minimum absolute atomic E-state index is 0.166. The molecule has 0 N–H and O–H groups in total. The Kier molecular flexibility index (Phi) is 6.18. The molecule has 1 atom stereocenters. The van der Waals surface area contributed by atoms with E-state index in [1.165, 1.54) is 18.4 Å². The Morgan fingerprint density at radius 2 is 2.14 bits per heavy atom. The second kappa shape index (κ2) is 7.91. The molecule has 2 rings (SSSR count). The van der Waals surface area contributed by atoms with Crippen molar-refractivity contribution in [2.24, 2.45) is 11.8 Å². The third kappa shape index (κ3) is 4.94. The van der Waals surface area contributed by atoms with Crippen molar-refractivity contribution in [2.45, 2.75) is 59.4 Å². The largest absolute Gasteiger partial charge is 0.303 e. The van der Waals surface area contributed by atoms with Gasteiger partial charge in [-0.25, -0.2) is 0 Å². The summed E-state index contributed by atoms with van der Waals surface area (Å²) in [5.74, 6) is 1.75. The van der Waals surface area contributed by atoms with Crippen molar-refractivity contribution in [3.05, 3.63) is 18.0 Å².